The Bertz CT molecular complexity index is 772. The average Bonchev–Trinajstić information content (AvgIpc) is 2.66. The van der Waals surface area contributed by atoms with E-state index in [0.29, 0.717) is 0 Å². The summed E-state index contributed by atoms with van der Waals surface area (Å²) in [6.45, 7) is 0. The minimum Gasteiger partial charge on any atom is -0.478 e. The standard InChI is InChI=1S/C16H18O12/c1-24-15(16(25-2,26-3)27-4)28-14(23)8-6-5-7(11(17)18)9(12(19)20)10(8)13(21)22/h5-6,15H,1-4H3,(H,17,18)(H,19,20)(H,21,22). The molecule has 0 aromatic heterocycles. The number of hydrogen-bond acceptors (Lipinski definition) is 9. The first-order valence-electron chi connectivity index (χ1n) is 7.36. The van der Waals surface area contributed by atoms with Crippen LogP contribution in [0.4, 0.5) is 0 Å². The maximum Gasteiger partial charge on any atom is 0.348 e. The Balaban J connectivity index is 3.53. The van der Waals surface area contributed by atoms with Crippen molar-refractivity contribution in [1.29, 1.82) is 0 Å². The highest BCUT2D eigenvalue weighted by Crippen LogP contribution is 2.25. The van der Waals surface area contributed by atoms with E-state index in [0.717, 1.165) is 40.6 Å². The van der Waals surface area contributed by atoms with E-state index in [1.54, 1.807) is 0 Å². The van der Waals surface area contributed by atoms with E-state index >= 15 is 0 Å². The topological polar surface area (TPSA) is 175 Å². The van der Waals surface area contributed by atoms with Crippen molar-refractivity contribution in [3.8, 4) is 0 Å². The number of esters is 1. The van der Waals surface area contributed by atoms with Gasteiger partial charge in [0.15, 0.2) is 0 Å². The van der Waals surface area contributed by atoms with Crippen molar-refractivity contribution in [3.63, 3.8) is 0 Å². The lowest BCUT2D eigenvalue weighted by Gasteiger charge is -2.34. The van der Waals surface area contributed by atoms with Crippen LogP contribution < -0.4 is 0 Å². The monoisotopic (exact) mass is 402 g/mol. The van der Waals surface area contributed by atoms with E-state index in [4.69, 9.17) is 28.8 Å². The first kappa shape index (κ1) is 23.0. The number of ether oxygens (including phenoxy) is 5. The molecule has 0 fully saturated rings. The molecule has 0 saturated carbocycles. The normalized spacial score (nSPS) is 12.3. The molecule has 0 radical (unpaired) electrons. The first-order valence-corrected chi connectivity index (χ1v) is 7.36. The van der Waals surface area contributed by atoms with Crippen LogP contribution in [0, 0.1) is 0 Å². The zero-order chi connectivity index (χ0) is 21.6. The van der Waals surface area contributed by atoms with Gasteiger partial charge in [-0.3, -0.25) is 0 Å². The summed E-state index contributed by atoms with van der Waals surface area (Å²) in [7, 11) is 4.57. The average molecular weight is 402 g/mol. The fourth-order valence-corrected chi connectivity index (χ4v) is 2.36. The molecule has 1 rings (SSSR count). The number of carboxylic acid groups (broad SMARTS) is 3. The van der Waals surface area contributed by atoms with Gasteiger partial charge in [-0.1, -0.05) is 0 Å². The van der Waals surface area contributed by atoms with E-state index in [2.05, 4.69) is 0 Å². The molecular weight excluding hydrogens is 384 g/mol. The zero-order valence-electron chi connectivity index (χ0n) is 15.2. The van der Waals surface area contributed by atoms with Gasteiger partial charge in [-0.2, -0.15) is 0 Å². The van der Waals surface area contributed by atoms with Crippen LogP contribution in [0.15, 0.2) is 12.1 Å². The van der Waals surface area contributed by atoms with Crippen molar-refractivity contribution in [2.45, 2.75) is 12.3 Å². The summed E-state index contributed by atoms with van der Waals surface area (Å²) in [6, 6.07) is 1.58. The van der Waals surface area contributed by atoms with Crippen molar-refractivity contribution in [2.24, 2.45) is 0 Å². The fraction of sp³-hybridized carbons (Fsp3) is 0.375. The van der Waals surface area contributed by atoms with E-state index in [1.807, 2.05) is 0 Å². The molecular formula is C16H18O12. The Kier molecular flexibility index (Phi) is 7.58. The van der Waals surface area contributed by atoms with Gasteiger partial charge in [0.05, 0.1) is 22.3 Å². The molecule has 0 spiro atoms. The van der Waals surface area contributed by atoms with Crippen LogP contribution >= 0.6 is 0 Å². The molecule has 0 bridgehead atoms. The summed E-state index contributed by atoms with van der Waals surface area (Å²) in [5.74, 6) is -8.75. The minimum atomic E-state index is -2.01. The highest BCUT2D eigenvalue weighted by Gasteiger charge is 2.45. The third-order valence-electron chi connectivity index (χ3n) is 3.65. The Morgan fingerprint density at radius 1 is 0.786 bits per heavy atom. The van der Waals surface area contributed by atoms with Gasteiger partial charge in [0.25, 0.3) is 6.29 Å². The van der Waals surface area contributed by atoms with Crippen LogP contribution in [0.25, 0.3) is 0 Å². The maximum atomic E-state index is 12.5. The summed E-state index contributed by atoms with van der Waals surface area (Å²) < 4.78 is 24.9. The number of carbonyl (C=O) groups is 4. The van der Waals surface area contributed by atoms with Gasteiger partial charge in [0.2, 0.25) is 0 Å². The molecule has 1 unspecified atom stereocenters. The molecule has 0 aliphatic heterocycles. The summed E-state index contributed by atoms with van der Waals surface area (Å²) in [5, 5.41) is 27.7. The Hall–Kier alpha value is -3.06. The van der Waals surface area contributed by atoms with Crippen molar-refractivity contribution in [3.05, 3.63) is 34.4 Å². The van der Waals surface area contributed by atoms with Gasteiger partial charge in [0, 0.05) is 28.4 Å². The second-order valence-corrected chi connectivity index (χ2v) is 5.02. The van der Waals surface area contributed by atoms with E-state index < -0.39 is 58.4 Å². The van der Waals surface area contributed by atoms with Crippen LogP contribution in [-0.4, -0.2) is 79.9 Å². The summed E-state index contributed by atoms with van der Waals surface area (Å²) in [6.07, 6.45) is -1.66. The lowest BCUT2D eigenvalue weighted by atomic mass is 9.95. The number of methoxy groups -OCH3 is 4. The Morgan fingerprint density at radius 2 is 1.21 bits per heavy atom. The minimum absolute atomic E-state index is 0.728. The predicted molar refractivity (Wildman–Crippen MR) is 87.3 cm³/mol. The van der Waals surface area contributed by atoms with Gasteiger partial charge in [-0.25, -0.2) is 19.2 Å². The van der Waals surface area contributed by atoms with Crippen molar-refractivity contribution < 1.29 is 58.2 Å². The molecule has 0 aliphatic carbocycles. The number of hydrogen-bond donors (Lipinski definition) is 3. The molecule has 28 heavy (non-hydrogen) atoms. The van der Waals surface area contributed by atoms with Crippen LogP contribution in [0.1, 0.15) is 41.4 Å². The zero-order valence-corrected chi connectivity index (χ0v) is 15.2. The van der Waals surface area contributed by atoms with Crippen LogP contribution in [0.5, 0.6) is 0 Å². The van der Waals surface area contributed by atoms with E-state index in [-0.39, 0.29) is 0 Å². The molecule has 12 heteroatoms. The number of aromatic carboxylic acids is 3. The Labute approximate surface area is 158 Å². The van der Waals surface area contributed by atoms with Gasteiger partial charge in [-0.05, 0) is 12.1 Å². The van der Waals surface area contributed by atoms with Crippen molar-refractivity contribution in [1.82, 2.24) is 0 Å². The fourth-order valence-electron chi connectivity index (χ4n) is 2.36. The first-order chi connectivity index (χ1) is 13.1. The number of benzene rings is 1. The van der Waals surface area contributed by atoms with Gasteiger partial charge >= 0.3 is 29.9 Å². The highest BCUT2D eigenvalue weighted by molar-refractivity contribution is 6.14. The van der Waals surface area contributed by atoms with Gasteiger partial charge in [-0.15, -0.1) is 0 Å². The second kappa shape index (κ2) is 9.23. The predicted octanol–water partition coefficient (Wildman–Crippen LogP) is 0.504. The van der Waals surface area contributed by atoms with Crippen molar-refractivity contribution in [2.75, 3.05) is 28.4 Å². The number of carbonyl (C=O) groups excluding carboxylic acids is 1. The SMILES string of the molecule is COC(OC(=O)c1ccc(C(=O)O)c(C(=O)O)c1C(=O)O)C(OC)(OC)OC. The molecule has 0 aliphatic rings. The molecule has 1 aromatic rings. The summed E-state index contributed by atoms with van der Waals surface area (Å²) in [4.78, 5) is 46.7. The highest BCUT2D eigenvalue weighted by atomic mass is 16.9. The van der Waals surface area contributed by atoms with Crippen LogP contribution in [-0.2, 0) is 23.7 Å². The van der Waals surface area contributed by atoms with Gasteiger partial charge in [0.1, 0.15) is 0 Å². The summed E-state index contributed by atoms with van der Waals surface area (Å²) in [5.41, 5.74) is -3.69. The third kappa shape index (κ3) is 4.26. The molecule has 0 heterocycles. The van der Waals surface area contributed by atoms with Crippen LogP contribution in [0.2, 0.25) is 0 Å². The van der Waals surface area contributed by atoms with E-state index in [9.17, 15) is 29.4 Å². The number of rotatable bonds is 10. The lowest BCUT2D eigenvalue weighted by molar-refractivity contribution is -0.425. The molecule has 1 aromatic carbocycles. The maximum absolute atomic E-state index is 12.5. The molecule has 12 nitrogen and oxygen atoms in total. The molecule has 3 N–H and O–H groups in total. The molecule has 0 amide bonds. The quantitative estimate of drug-likeness (QED) is 0.365. The van der Waals surface area contributed by atoms with E-state index in [1.165, 1.54) is 0 Å². The summed E-state index contributed by atoms with van der Waals surface area (Å²) >= 11 is 0. The van der Waals surface area contributed by atoms with Crippen LogP contribution in [0.3, 0.4) is 0 Å². The smallest absolute Gasteiger partial charge is 0.348 e. The van der Waals surface area contributed by atoms with Gasteiger partial charge < -0.3 is 39.0 Å². The largest absolute Gasteiger partial charge is 0.478 e. The molecule has 0 saturated heterocycles. The Morgan fingerprint density at radius 3 is 1.57 bits per heavy atom. The third-order valence-corrected chi connectivity index (χ3v) is 3.65. The number of carboxylic acids is 3. The molecule has 154 valence electrons. The molecule has 1 atom stereocenters. The lowest BCUT2D eigenvalue weighted by Crippen LogP contribution is -2.51. The second-order valence-electron chi connectivity index (χ2n) is 5.02. The van der Waals surface area contributed by atoms with Crippen molar-refractivity contribution >= 4 is 23.9 Å².